The van der Waals surface area contributed by atoms with Crippen molar-refractivity contribution in [3.63, 3.8) is 0 Å². The third kappa shape index (κ3) is 6.14. The lowest BCUT2D eigenvalue weighted by Gasteiger charge is -2.30. The molecule has 0 bridgehead atoms. The van der Waals surface area contributed by atoms with Gasteiger partial charge in [0.2, 0.25) is 15.9 Å². The van der Waals surface area contributed by atoms with Crippen LogP contribution in [0.15, 0.2) is 42.5 Å². The van der Waals surface area contributed by atoms with E-state index in [2.05, 4.69) is 26.1 Å². The van der Waals surface area contributed by atoms with Gasteiger partial charge in [-0.2, -0.15) is 0 Å². The third-order valence-electron chi connectivity index (χ3n) is 5.10. The van der Waals surface area contributed by atoms with Gasteiger partial charge in [0.25, 0.3) is 0 Å². The molecular formula is C23H31ClN2O4S. The van der Waals surface area contributed by atoms with Crippen molar-refractivity contribution in [2.45, 2.75) is 52.1 Å². The van der Waals surface area contributed by atoms with Crippen molar-refractivity contribution in [3.05, 3.63) is 58.6 Å². The van der Waals surface area contributed by atoms with Gasteiger partial charge in [0.1, 0.15) is 11.8 Å². The summed E-state index contributed by atoms with van der Waals surface area (Å²) in [5.74, 6) is -0.125. The third-order valence-corrected chi connectivity index (χ3v) is 6.56. The number of ether oxygens (including phenoxy) is 1. The number of nitrogens with one attached hydrogen (secondary N) is 1. The molecule has 2 atom stereocenters. The van der Waals surface area contributed by atoms with Gasteiger partial charge in [0, 0.05) is 5.02 Å². The number of nitrogens with zero attached hydrogens (tertiary/aromatic N) is 1. The Hall–Kier alpha value is -2.25. The Kier molecular flexibility index (Phi) is 7.66. The number of halogens is 1. The van der Waals surface area contributed by atoms with E-state index in [1.165, 1.54) is 25.7 Å². The molecule has 1 amide bonds. The second-order valence-corrected chi connectivity index (χ2v) is 10.9. The van der Waals surface area contributed by atoms with Gasteiger partial charge in [-0.1, -0.05) is 56.6 Å². The van der Waals surface area contributed by atoms with Crippen LogP contribution in [0, 0.1) is 0 Å². The quantitative estimate of drug-likeness (QED) is 0.642. The summed E-state index contributed by atoms with van der Waals surface area (Å²) in [6.07, 6.45) is 1.05. The maximum Gasteiger partial charge on any atom is 0.244 e. The number of amides is 1. The molecule has 0 aliphatic carbocycles. The lowest BCUT2D eigenvalue weighted by Crippen LogP contribution is -2.48. The number of benzene rings is 2. The van der Waals surface area contributed by atoms with Crippen molar-refractivity contribution in [2.75, 3.05) is 17.7 Å². The van der Waals surface area contributed by atoms with E-state index in [1.54, 1.807) is 12.1 Å². The predicted octanol–water partition coefficient (Wildman–Crippen LogP) is 4.68. The average molecular weight is 467 g/mol. The van der Waals surface area contributed by atoms with Gasteiger partial charge in [-0.05, 0) is 48.6 Å². The number of anilines is 1. The molecule has 6 nitrogen and oxygen atoms in total. The summed E-state index contributed by atoms with van der Waals surface area (Å²) in [5.41, 5.74) is 2.37. The van der Waals surface area contributed by atoms with Crippen LogP contribution in [-0.4, -0.2) is 33.7 Å². The van der Waals surface area contributed by atoms with Gasteiger partial charge in [0.15, 0.2) is 0 Å². The first-order chi connectivity index (χ1) is 14.3. The van der Waals surface area contributed by atoms with E-state index in [0.29, 0.717) is 10.8 Å². The van der Waals surface area contributed by atoms with E-state index >= 15 is 0 Å². The van der Waals surface area contributed by atoms with Gasteiger partial charge in [-0.3, -0.25) is 9.10 Å². The number of carbonyl (C=O) groups excluding carboxylic acids is 1. The summed E-state index contributed by atoms with van der Waals surface area (Å²) >= 11 is 6.08. The summed E-state index contributed by atoms with van der Waals surface area (Å²) < 4.78 is 31.5. The Morgan fingerprint density at radius 1 is 1.10 bits per heavy atom. The number of rotatable bonds is 7. The fourth-order valence-electron chi connectivity index (χ4n) is 3.31. The molecule has 0 aromatic heterocycles. The fraction of sp³-hybridized carbons (Fsp3) is 0.435. The van der Waals surface area contributed by atoms with Crippen molar-refractivity contribution < 1.29 is 17.9 Å². The fourth-order valence-corrected chi connectivity index (χ4v) is 4.64. The molecule has 2 aromatic carbocycles. The van der Waals surface area contributed by atoms with Crippen molar-refractivity contribution in [1.29, 1.82) is 0 Å². The molecule has 0 unspecified atom stereocenters. The molecule has 0 spiro atoms. The van der Waals surface area contributed by atoms with Crippen LogP contribution in [0.3, 0.4) is 0 Å². The molecule has 0 aliphatic heterocycles. The lowest BCUT2D eigenvalue weighted by molar-refractivity contribution is -0.122. The van der Waals surface area contributed by atoms with Crippen LogP contribution in [0.4, 0.5) is 5.69 Å². The molecule has 2 rings (SSSR count). The zero-order chi connectivity index (χ0) is 23.6. The van der Waals surface area contributed by atoms with Gasteiger partial charge in [0.05, 0.1) is 25.1 Å². The smallest absolute Gasteiger partial charge is 0.244 e. The van der Waals surface area contributed by atoms with Gasteiger partial charge in [-0.15, -0.1) is 0 Å². The molecule has 8 heteroatoms. The summed E-state index contributed by atoms with van der Waals surface area (Å²) in [6.45, 7) is 9.81. The zero-order valence-corrected chi connectivity index (χ0v) is 20.6. The van der Waals surface area contributed by atoms with Crippen molar-refractivity contribution in [1.82, 2.24) is 5.32 Å². The van der Waals surface area contributed by atoms with Crippen LogP contribution in [-0.2, 0) is 20.2 Å². The first kappa shape index (κ1) is 25.0. The second kappa shape index (κ2) is 9.49. The van der Waals surface area contributed by atoms with E-state index in [0.717, 1.165) is 16.1 Å². The molecule has 0 saturated heterocycles. The molecule has 31 heavy (non-hydrogen) atoms. The molecular weight excluding hydrogens is 436 g/mol. The highest BCUT2D eigenvalue weighted by molar-refractivity contribution is 7.92. The number of sulfonamides is 1. The predicted molar refractivity (Wildman–Crippen MR) is 126 cm³/mol. The molecule has 0 fully saturated rings. The number of hydrogen-bond acceptors (Lipinski definition) is 4. The Labute approximate surface area is 190 Å². The molecule has 1 N–H and O–H groups in total. The number of carbonyl (C=O) groups is 1. The number of methoxy groups -OCH3 is 1. The molecule has 2 aromatic rings. The van der Waals surface area contributed by atoms with Crippen LogP contribution in [0.2, 0.25) is 5.02 Å². The van der Waals surface area contributed by atoms with Crippen LogP contribution < -0.4 is 14.4 Å². The van der Waals surface area contributed by atoms with E-state index < -0.39 is 22.0 Å². The highest BCUT2D eigenvalue weighted by Gasteiger charge is 2.32. The average Bonchev–Trinajstić information content (AvgIpc) is 2.66. The summed E-state index contributed by atoms with van der Waals surface area (Å²) in [4.78, 5) is 13.0. The maximum absolute atomic E-state index is 13.0. The number of hydrogen-bond donors (Lipinski definition) is 1. The minimum atomic E-state index is -3.80. The minimum absolute atomic E-state index is 0.0333. The topological polar surface area (TPSA) is 75.7 Å². The van der Waals surface area contributed by atoms with Crippen molar-refractivity contribution in [2.24, 2.45) is 0 Å². The Morgan fingerprint density at radius 3 is 2.16 bits per heavy atom. The van der Waals surface area contributed by atoms with Crippen LogP contribution in [0.5, 0.6) is 5.75 Å². The summed E-state index contributed by atoms with van der Waals surface area (Å²) in [6, 6.07) is 11.4. The molecule has 0 saturated carbocycles. The van der Waals surface area contributed by atoms with Crippen LogP contribution >= 0.6 is 11.6 Å². The first-order valence-corrected chi connectivity index (χ1v) is 12.2. The van der Waals surface area contributed by atoms with Gasteiger partial charge in [-0.25, -0.2) is 8.42 Å². The summed E-state index contributed by atoms with van der Waals surface area (Å²) in [7, 11) is -2.37. The monoisotopic (exact) mass is 466 g/mol. The van der Waals surface area contributed by atoms with E-state index in [-0.39, 0.29) is 17.1 Å². The Balaban J connectivity index is 2.29. The summed E-state index contributed by atoms with van der Waals surface area (Å²) in [5, 5.41) is 3.25. The maximum atomic E-state index is 13.0. The van der Waals surface area contributed by atoms with E-state index in [1.807, 2.05) is 31.2 Å². The lowest BCUT2D eigenvalue weighted by atomic mass is 9.86. The standard InChI is InChI=1S/C23H31ClN2O4S/c1-15(17-8-10-18(11-9-17)23(3,4)5)25-22(27)16(2)26(31(7,28)29)20-14-19(24)12-13-21(20)30-6/h8-16H,1-7H3,(H,25,27)/t15-,16+/m1/s1. The molecule has 0 aliphatic rings. The highest BCUT2D eigenvalue weighted by atomic mass is 35.5. The molecule has 170 valence electrons. The van der Waals surface area contributed by atoms with Crippen molar-refractivity contribution >= 4 is 33.2 Å². The van der Waals surface area contributed by atoms with E-state index in [9.17, 15) is 13.2 Å². The van der Waals surface area contributed by atoms with Gasteiger partial charge < -0.3 is 10.1 Å². The Bertz CT molecular complexity index is 1030. The van der Waals surface area contributed by atoms with E-state index in [4.69, 9.17) is 16.3 Å². The van der Waals surface area contributed by atoms with Crippen molar-refractivity contribution in [3.8, 4) is 5.75 Å². The van der Waals surface area contributed by atoms with Gasteiger partial charge >= 0.3 is 0 Å². The van der Waals surface area contributed by atoms with Crippen LogP contribution in [0.25, 0.3) is 0 Å². The van der Waals surface area contributed by atoms with Crippen LogP contribution in [0.1, 0.15) is 51.8 Å². The normalized spacial score (nSPS) is 13.9. The SMILES string of the molecule is COc1ccc(Cl)cc1N([C@@H](C)C(=O)N[C@H](C)c1ccc(C(C)(C)C)cc1)S(C)(=O)=O. The first-order valence-electron chi connectivity index (χ1n) is 9.99. The largest absolute Gasteiger partial charge is 0.495 e. The second-order valence-electron chi connectivity index (χ2n) is 8.65. The molecule has 0 radical (unpaired) electrons. The molecule has 0 heterocycles. The highest BCUT2D eigenvalue weighted by Crippen LogP contribution is 2.34. The zero-order valence-electron chi connectivity index (χ0n) is 19.1. The Morgan fingerprint density at radius 2 is 1.68 bits per heavy atom. The minimum Gasteiger partial charge on any atom is -0.495 e.